The van der Waals surface area contributed by atoms with Crippen LogP contribution in [0.3, 0.4) is 0 Å². The standard InChI is InChI=1S/C21H25N5O2.ClH/c1-13-4-3-5-16-14(2)19(28-18(13)16)21(27)25-9-6-15(7-10-25)20-24-23-17-12-22-8-11-26(17)20;/h3-5,15,22H,6-12H2,1-2H3;1H. The normalized spacial score (nSPS) is 17.2. The average molecular weight is 416 g/mol. The maximum absolute atomic E-state index is 13.1. The van der Waals surface area contributed by atoms with Gasteiger partial charge >= 0.3 is 0 Å². The summed E-state index contributed by atoms with van der Waals surface area (Å²) in [6.07, 6.45) is 1.82. The van der Waals surface area contributed by atoms with Crippen molar-refractivity contribution < 1.29 is 9.21 Å². The van der Waals surface area contributed by atoms with Crippen molar-refractivity contribution >= 4 is 29.3 Å². The van der Waals surface area contributed by atoms with Crippen LogP contribution in [0.25, 0.3) is 11.0 Å². The van der Waals surface area contributed by atoms with Crippen molar-refractivity contribution in [1.29, 1.82) is 0 Å². The van der Waals surface area contributed by atoms with Crippen molar-refractivity contribution in [3.63, 3.8) is 0 Å². The zero-order chi connectivity index (χ0) is 19.3. The number of nitrogens with one attached hydrogen (secondary N) is 1. The van der Waals surface area contributed by atoms with Gasteiger partial charge in [-0.2, -0.15) is 0 Å². The summed E-state index contributed by atoms with van der Waals surface area (Å²) >= 11 is 0. The van der Waals surface area contributed by atoms with E-state index in [1.54, 1.807) is 0 Å². The van der Waals surface area contributed by atoms with Gasteiger partial charge in [-0.05, 0) is 32.3 Å². The van der Waals surface area contributed by atoms with Gasteiger partial charge in [0.2, 0.25) is 0 Å². The highest BCUT2D eigenvalue weighted by Crippen LogP contribution is 2.32. The first-order chi connectivity index (χ1) is 13.6. The molecule has 7 nitrogen and oxygen atoms in total. The monoisotopic (exact) mass is 415 g/mol. The van der Waals surface area contributed by atoms with Crippen LogP contribution in [0.2, 0.25) is 0 Å². The van der Waals surface area contributed by atoms with Gasteiger partial charge in [0.15, 0.2) is 5.76 Å². The van der Waals surface area contributed by atoms with Gasteiger partial charge in [-0.25, -0.2) is 0 Å². The molecule has 1 amide bonds. The van der Waals surface area contributed by atoms with Crippen molar-refractivity contribution in [2.24, 2.45) is 0 Å². The highest BCUT2D eigenvalue weighted by Gasteiger charge is 2.31. The molecule has 0 unspecified atom stereocenters. The van der Waals surface area contributed by atoms with E-state index in [0.29, 0.717) is 11.7 Å². The maximum atomic E-state index is 13.1. The first-order valence-electron chi connectivity index (χ1n) is 10.0. The molecular weight excluding hydrogens is 390 g/mol. The topological polar surface area (TPSA) is 76.2 Å². The van der Waals surface area contributed by atoms with Gasteiger partial charge in [0, 0.05) is 43.0 Å². The second kappa shape index (κ2) is 7.80. The molecule has 2 aliphatic heterocycles. The van der Waals surface area contributed by atoms with Crippen LogP contribution in [0.15, 0.2) is 22.6 Å². The number of piperidine rings is 1. The molecule has 1 fully saturated rings. The quantitative estimate of drug-likeness (QED) is 0.695. The summed E-state index contributed by atoms with van der Waals surface area (Å²) in [5.74, 6) is 2.95. The van der Waals surface area contributed by atoms with Crippen molar-refractivity contribution in [2.45, 2.75) is 45.7 Å². The van der Waals surface area contributed by atoms with Crippen LogP contribution in [0.4, 0.5) is 0 Å². The predicted molar refractivity (Wildman–Crippen MR) is 113 cm³/mol. The highest BCUT2D eigenvalue weighted by molar-refractivity contribution is 5.99. The minimum absolute atomic E-state index is 0. The average Bonchev–Trinajstić information content (AvgIpc) is 3.30. The summed E-state index contributed by atoms with van der Waals surface area (Å²) in [7, 11) is 0. The lowest BCUT2D eigenvalue weighted by molar-refractivity contribution is 0.0679. The number of fused-ring (bicyclic) bond motifs is 2. The van der Waals surface area contributed by atoms with Crippen molar-refractivity contribution in [1.82, 2.24) is 25.0 Å². The van der Waals surface area contributed by atoms with Crippen molar-refractivity contribution in [3.8, 4) is 0 Å². The van der Waals surface area contributed by atoms with Gasteiger partial charge in [-0.1, -0.05) is 18.2 Å². The third-order valence-electron chi connectivity index (χ3n) is 6.15. The molecule has 0 bridgehead atoms. The number of carbonyl (C=O) groups is 1. The summed E-state index contributed by atoms with van der Waals surface area (Å²) in [6, 6.07) is 6.04. The second-order valence-corrected chi connectivity index (χ2v) is 7.88. The van der Waals surface area contributed by atoms with E-state index in [2.05, 4.69) is 20.1 Å². The third-order valence-corrected chi connectivity index (χ3v) is 6.15. The van der Waals surface area contributed by atoms with E-state index in [-0.39, 0.29) is 18.3 Å². The largest absolute Gasteiger partial charge is 0.450 e. The van der Waals surface area contributed by atoms with Gasteiger partial charge in [0.1, 0.15) is 17.2 Å². The Bertz CT molecular complexity index is 1050. The zero-order valence-corrected chi connectivity index (χ0v) is 17.6. The maximum Gasteiger partial charge on any atom is 0.289 e. The lowest BCUT2D eigenvalue weighted by atomic mass is 9.95. The van der Waals surface area contributed by atoms with Crippen LogP contribution >= 0.6 is 12.4 Å². The summed E-state index contributed by atoms with van der Waals surface area (Å²) < 4.78 is 8.25. The minimum Gasteiger partial charge on any atom is -0.450 e. The number of carbonyl (C=O) groups excluding carboxylic acids is 1. The molecule has 0 radical (unpaired) electrons. The number of nitrogens with zero attached hydrogens (tertiary/aromatic N) is 4. The first kappa shape index (κ1) is 19.9. The summed E-state index contributed by atoms with van der Waals surface area (Å²) in [5, 5.41) is 13.1. The van der Waals surface area contributed by atoms with E-state index in [1.165, 1.54) is 0 Å². The Morgan fingerprint density at radius 2 is 1.97 bits per heavy atom. The number of rotatable bonds is 2. The molecule has 1 saturated heterocycles. The molecule has 0 atom stereocenters. The van der Waals surface area contributed by atoms with Gasteiger partial charge in [-0.15, -0.1) is 22.6 Å². The zero-order valence-electron chi connectivity index (χ0n) is 16.8. The van der Waals surface area contributed by atoms with Gasteiger partial charge in [0.25, 0.3) is 5.91 Å². The number of halogens is 1. The van der Waals surface area contributed by atoms with E-state index in [1.807, 2.05) is 36.9 Å². The van der Waals surface area contributed by atoms with E-state index < -0.39 is 0 Å². The second-order valence-electron chi connectivity index (χ2n) is 7.88. The van der Waals surface area contributed by atoms with Crippen LogP contribution in [0.5, 0.6) is 0 Å². The van der Waals surface area contributed by atoms with E-state index in [4.69, 9.17) is 4.42 Å². The van der Waals surface area contributed by atoms with Gasteiger partial charge < -0.3 is 19.2 Å². The molecule has 0 aliphatic carbocycles. The number of hydrogen-bond donors (Lipinski definition) is 1. The molecule has 5 rings (SSSR count). The fraction of sp³-hybridized carbons (Fsp3) is 0.476. The Kier molecular flexibility index (Phi) is 5.36. The number of para-hydroxylation sites is 1. The third kappa shape index (κ3) is 3.32. The molecular formula is C21H26ClN5O2. The number of benzene rings is 1. The fourth-order valence-electron chi connectivity index (χ4n) is 4.49. The summed E-state index contributed by atoms with van der Waals surface area (Å²) in [5.41, 5.74) is 2.82. The minimum atomic E-state index is -0.000905. The van der Waals surface area contributed by atoms with Crippen LogP contribution in [-0.4, -0.2) is 45.2 Å². The number of hydrogen-bond acceptors (Lipinski definition) is 5. The van der Waals surface area contributed by atoms with Gasteiger partial charge in [-0.3, -0.25) is 4.79 Å². The Labute approximate surface area is 175 Å². The van der Waals surface area contributed by atoms with Crippen molar-refractivity contribution in [3.05, 3.63) is 46.7 Å². The number of amides is 1. The SMILES string of the molecule is Cc1c(C(=O)N2CCC(c3nnc4n3CCNC4)CC2)oc2c(C)cccc12.Cl. The van der Waals surface area contributed by atoms with Gasteiger partial charge in [0.05, 0.1) is 6.54 Å². The molecule has 4 heterocycles. The van der Waals surface area contributed by atoms with Crippen LogP contribution in [0, 0.1) is 13.8 Å². The molecule has 2 aromatic heterocycles. The Morgan fingerprint density at radius 1 is 1.17 bits per heavy atom. The molecule has 1 aromatic carbocycles. The molecule has 0 saturated carbocycles. The fourth-order valence-corrected chi connectivity index (χ4v) is 4.49. The predicted octanol–water partition coefficient (Wildman–Crippen LogP) is 3.19. The Morgan fingerprint density at radius 3 is 2.72 bits per heavy atom. The summed E-state index contributed by atoms with van der Waals surface area (Å²) in [6.45, 7) is 8.10. The lowest BCUT2D eigenvalue weighted by Gasteiger charge is -2.31. The van der Waals surface area contributed by atoms with Crippen molar-refractivity contribution in [2.75, 3.05) is 19.6 Å². The number of likely N-dealkylation sites (tertiary alicyclic amines) is 1. The Hall–Kier alpha value is -2.38. The van der Waals surface area contributed by atoms with Crippen LogP contribution in [-0.2, 0) is 13.1 Å². The van der Waals surface area contributed by atoms with Crippen LogP contribution in [0.1, 0.15) is 52.1 Å². The molecule has 29 heavy (non-hydrogen) atoms. The van der Waals surface area contributed by atoms with E-state index in [9.17, 15) is 4.79 Å². The molecule has 3 aromatic rings. The molecule has 8 heteroatoms. The number of aromatic nitrogens is 3. The lowest BCUT2D eigenvalue weighted by Crippen LogP contribution is -2.39. The molecule has 0 spiro atoms. The van der Waals surface area contributed by atoms with E-state index >= 15 is 0 Å². The first-order valence-corrected chi connectivity index (χ1v) is 10.0. The molecule has 2 aliphatic rings. The van der Waals surface area contributed by atoms with Crippen LogP contribution < -0.4 is 5.32 Å². The summed E-state index contributed by atoms with van der Waals surface area (Å²) in [4.78, 5) is 15.0. The number of aryl methyl sites for hydroxylation is 2. The van der Waals surface area contributed by atoms with E-state index in [0.717, 1.165) is 79.3 Å². The number of furan rings is 1. The molecule has 1 N–H and O–H groups in total. The molecule has 154 valence electrons. The smallest absolute Gasteiger partial charge is 0.289 e. The Balaban J connectivity index is 0.00000205. The highest BCUT2D eigenvalue weighted by atomic mass is 35.5.